The van der Waals surface area contributed by atoms with Gasteiger partial charge in [-0.2, -0.15) is 0 Å². The first kappa shape index (κ1) is 21.0. The highest BCUT2D eigenvalue weighted by Gasteiger charge is 2.25. The quantitative estimate of drug-likeness (QED) is 0.413. The van der Waals surface area contributed by atoms with Gasteiger partial charge in [0.25, 0.3) is 0 Å². The van der Waals surface area contributed by atoms with E-state index in [0.717, 1.165) is 5.57 Å². The highest BCUT2D eigenvalue weighted by atomic mass is 16.7. The zero-order valence-electron chi connectivity index (χ0n) is 16.0. The fourth-order valence-electron chi connectivity index (χ4n) is 2.18. The average Bonchev–Trinajstić information content (AvgIpc) is 2.53. The van der Waals surface area contributed by atoms with Crippen LogP contribution in [0.2, 0.25) is 0 Å². The van der Waals surface area contributed by atoms with Crippen LogP contribution in [-0.4, -0.2) is 37.7 Å². The zero-order valence-corrected chi connectivity index (χ0v) is 16.0. The maximum absolute atomic E-state index is 12.1. The zero-order chi connectivity index (χ0) is 19.1. The third kappa shape index (κ3) is 5.76. The summed E-state index contributed by atoms with van der Waals surface area (Å²) in [6, 6.07) is 1.42. The number of Topliss-reactive ketones (excluding diaryl/α,β-unsaturated/α-hetero) is 1. The van der Waals surface area contributed by atoms with E-state index in [1.165, 1.54) is 27.2 Å². The van der Waals surface area contributed by atoms with E-state index < -0.39 is 12.6 Å². The van der Waals surface area contributed by atoms with Gasteiger partial charge in [-0.15, -0.1) is 0 Å². The van der Waals surface area contributed by atoms with Gasteiger partial charge in [0.15, 0.2) is 18.4 Å². The minimum absolute atomic E-state index is 0.110. The summed E-state index contributed by atoms with van der Waals surface area (Å²) < 4.78 is 21.9. The van der Waals surface area contributed by atoms with Crippen LogP contribution in [0.15, 0.2) is 17.7 Å². The monoisotopic (exact) mass is 352 g/mol. The topological polar surface area (TPSA) is 74.2 Å². The Hall–Kier alpha value is -2.05. The number of allylic oxidation sites excluding steroid dienone is 2. The van der Waals surface area contributed by atoms with E-state index in [1.54, 1.807) is 13.8 Å². The van der Waals surface area contributed by atoms with Crippen molar-refractivity contribution in [3.05, 3.63) is 28.8 Å². The lowest BCUT2D eigenvalue weighted by atomic mass is 10.00. The minimum atomic E-state index is -0.599. The Labute approximate surface area is 149 Å². The number of phenolic OH excluding ortho intramolecular Hbond substituents is 1. The molecule has 0 radical (unpaired) electrons. The van der Waals surface area contributed by atoms with Crippen LogP contribution in [0.5, 0.6) is 17.2 Å². The van der Waals surface area contributed by atoms with Gasteiger partial charge in [0.05, 0.1) is 0 Å². The molecule has 1 N–H and O–H groups in total. The number of benzene rings is 1. The number of hydrogen-bond donors (Lipinski definition) is 1. The number of phenols is 1. The number of aromatic hydroxyl groups is 1. The number of hydrogen-bond acceptors (Lipinski definition) is 6. The first-order chi connectivity index (χ1) is 11.7. The molecular formula is C19H28O6. The highest BCUT2D eigenvalue weighted by Crippen LogP contribution is 2.41. The molecule has 2 unspecified atom stereocenters. The van der Waals surface area contributed by atoms with Crippen LogP contribution in [0.4, 0.5) is 0 Å². The summed E-state index contributed by atoms with van der Waals surface area (Å²) in [6.07, 6.45) is 1.34. The van der Waals surface area contributed by atoms with E-state index in [0.29, 0.717) is 17.7 Å². The summed E-state index contributed by atoms with van der Waals surface area (Å²) in [4.78, 5) is 12.1. The van der Waals surface area contributed by atoms with E-state index in [9.17, 15) is 9.90 Å². The Morgan fingerprint density at radius 3 is 2.16 bits per heavy atom. The Morgan fingerprint density at radius 1 is 1.12 bits per heavy atom. The summed E-state index contributed by atoms with van der Waals surface area (Å²) in [5, 5.41) is 10.3. The van der Waals surface area contributed by atoms with Gasteiger partial charge in [-0.25, -0.2) is 0 Å². The molecule has 0 bridgehead atoms. The van der Waals surface area contributed by atoms with Gasteiger partial charge in [0, 0.05) is 25.8 Å². The average molecular weight is 352 g/mol. The SMILES string of the molecule is COC(C)Oc1cc(O)c(C(C)=O)c(OC(C)OC)c1CC=C(C)C. The normalized spacial score (nSPS) is 13.1. The summed E-state index contributed by atoms with van der Waals surface area (Å²) >= 11 is 0. The van der Waals surface area contributed by atoms with Crippen molar-refractivity contribution >= 4 is 5.78 Å². The molecule has 6 nitrogen and oxygen atoms in total. The molecule has 140 valence electrons. The van der Waals surface area contributed by atoms with Gasteiger partial charge in [-0.1, -0.05) is 11.6 Å². The summed E-state index contributed by atoms with van der Waals surface area (Å²) in [7, 11) is 3.02. The molecule has 0 aliphatic carbocycles. The van der Waals surface area contributed by atoms with Gasteiger partial charge < -0.3 is 24.1 Å². The standard InChI is InChI=1S/C19H28O6/c1-11(2)8-9-15-17(24-13(4)22-6)10-16(21)18(12(3)20)19(15)25-14(5)23-7/h8,10,13-14,21H,9H2,1-7H3. The van der Waals surface area contributed by atoms with E-state index in [2.05, 4.69) is 0 Å². The molecule has 0 spiro atoms. The lowest BCUT2D eigenvalue weighted by Gasteiger charge is -2.23. The fraction of sp³-hybridized carbons (Fsp3) is 0.526. The Morgan fingerprint density at radius 2 is 1.68 bits per heavy atom. The van der Waals surface area contributed by atoms with Crippen molar-refractivity contribution < 1.29 is 28.8 Å². The van der Waals surface area contributed by atoms with Gasteiger partial charge in [-0.3, -0.25) is 4.79 Å². The molecule has 6 heteroatoms. The lowest BCUT2D eigenvalue weighted by Crippen LogP contribution is -2.19. The van der Waals surface area contributed by atoms with Crippen LogP contribution in [-0.2, 0) is 15.9 Å². The molecule has 0 heterocycles. The first-order valence-corrected chi connectivity index (χ1v) is 8.13. The lowest BCUT2D eigenvalue weighted by molar-refractivity contribution is -0.0438. The van der Waals surface area contributed by atoms with Crippen LogP contribution in [0.3, 0.4) is 0 Å². The molecule has 0 fully saturated rings. The Bertz CT molecular complexity index is 631. The maximum Gasteiger partial charge on any atom is 0.196 e. The summed E-state index contributed by atoms with van der Waals surface area (Å²) in [6.45, 7) is 8.77. The minimum Gasteiger partial charge on any atom is -0.507 e. The van der Waals surface area contributed by atoms with E-state index in [1.807, 2.05) is 19.9 Å². The number of carbonyl (C=O) groups excluding carboxylic acids is 1. The third-order valence-corrected chi connectivity index (χ3v) is 3.63. The first-order valence-electron chi connectivity index (χ1n) is 8.13. The molecule has 0 aliphatic rings. The van der Waals surface area contributed by atoms with Crippen LogP contribution in [0.1, 0.15) is 50.5 Å². The smallest absolute Gasteiger partial charge is 0.196 e. The molecule has 0 aromatic heterocycles. The van der Waals surface area contributed by atoms with Crippen LogP contribution in [0.25, 0.3) is 0 Å². The molecule has 1 aromatic carbocycles. The molecular weight excluding hydrogens is 324 g/mol. The maximum atomic E-state index is 12.1. The van der Waals surface area contributed by atoms with Crippen molar-refractivity contribution in [2.75, 3.05) is 14.2 Å². The predicted molar refractivity (Wildman–Crippen MR) is 95.4 cm³/mol. The van der Waals surface area contributed by atoms with Crippen molar-refractivity contribution in [1.29, 1.82) is 0 Å². The van der Waals surface area contributed by atoms with Crippen LogP contribution in [0, 0.1) is 0 Å². The van der Waals surface area contributed by atoms with Crippen molar-refractivity contribution in [2.24, 2.45) is 0 Å². The number of carbonyl (C=O) groups is 1. The Kier molecular flexibility index (Phi) is 7.93. The van der Waals surface area contributed by atoms with Gasteiger partial charge in [0.2, 0.25) is 0 Å². The Balaban J connectivity index is 3.60. The number of ether oxygens (including phenoxy) is 4. The molecule has 0 saturated heterocycles. The van der Waals surface area contributed by atoms with Crippen LogP contribution < -0.4 is 9.47 Å². The van der Waals surface area contributed by atoms with E-state index in [-0.39, 0.29) is 22.8 Å². The van der Waals surface area contributed by atoms with E-state index in [4.69, 9.17) is 18.9 Å². The highest BCUT2D eigenvalue weighted by molar-refractivity contribution is 6.00. The second kappa shape index (κ2) is 9.44. The fourth-order valence-corrected chi connectivity index (χ4v) is 2.18. The van der Waals surface area contributed by atoms with Crippen LogP contribution >= 0.6 is 0 Å². The van der Waals surface area contributed by atoms with Crippen molar-refractivity contribution in [2.45, 2.75) is 53.6 Å². The van der Waals surface area contributed by atoms with Gasteiger partial charge >= 0.3 is 0 Å². The summed E-state index contributed by atoms with van der Waals surface area (Å²) in [5.74, 6) is 0.149. The second-order valence-electron chi connectivity index (χ2n) is 5.96. The molecule has 2 atom stereocenters. The largest absolute Gasteiger partial charge is 0.507 e. The molecule has 1 rings (SSSR count). The number of methoxy groups -OCH3 is 2. The van der Waals surface area contributed by atoms with Crippen molar-refractivity contribution in [1.82, 2.24) is 0 Å². The molecule has 1 aromatic rings. The second-order valence-corrected chi connectivity index (χ2v) is 5.96. The molecule has 0 saturated carbocycles. The predicted octanol–water partition coefficient (Wildman–Crippen LogP) is 3.85. The van der Waals surface area contributed by atoms with Gasteiger partial charge in [-0.05, 0) is 41.0 Å². The third-order valence-electron chi connectivity index (χ3n) is 3.63. The van der Waals surface area contributed by atoms with E-state index >= 15 is 0 Å². The van der Waals surface area contributed by atoms with Crippen molar-refractivity contribution in [3.63, 3.8) is 0 Å². The van der Waals surface area contributed by atoms with Gasteiger partial charge in [0.1, 0.15) is 22.8 Å². The number of rotatable bonds is 9. The number of ketones is 1. The molecule has 0 aliphatic heterocycles. The van der Waals surface area contributed by atoms with Crippen molar-refractivity contribution in [3.8, 4) is 17.2 Å². The molecule has 0 amide bonds. The molecule has 25 heavy (non-hydrogen) atoms. The summed E-state index contributed by atoms with van der Waals surface area (Å²) in [5.41, 5.74) is 1.87.